The van der Waals surface area contributed by atoms with Crippen molar-refractivity contribution >= 4 is 0 Å². The molecule has 0 radical (unpaired) electrons. The molecule has 1 heterocycles. The third kappa shape index (κ3) is 3.76. The second-order valence-electron chi connectivity index (χ2n) is 5.52. The highest BCUT2D eigenvalue weighted by Gasteiger charge is 2.19. The normalized spacial score (nSPS) is 28.8. The van der Waals surface area contributed by atoms with Crippen molar-refractivity contribution in [2.24, 2.45) is 5.92 Å². The number of nitrogens with zero attached hydrogens (tertiary/aromatic N) is 1. The molecule has 0 amide bonds. The molecule has 2 nitrogen and oxygen atoms in total. The fraction of sp³-hybridized carbons (Fsp3) is 1.00. The van der Waals surface area contributed by atoms with Crippen LogP contribution in [-0.2, 0) is 0 Å². The van der Waals surface area contributed by atoms with Gasteiger partial charge in [0.2, 0.25) is 0 Å². The monoisotopic (exact) mass is 210 g/mol. The van der Waals surface area contributed by atoms with Gasteiger partial charge >= 0.3 is 0 Å². The van der Waals surface area contributed by atoms with Crippen LogP contribution in [0.5, 0.6) is 0 Å². The average molecular weight is 210 g/mol. The largest absolute Gasteiger partial charge is 0.313 e. The molecule has 0 unspecified atom stereocenters. The molecule has 1 saturated heterocycles. The maximum Gasteiger partial charge on any atom is 0.0195 e. The first-order valence-electron chi connectivity index (χ1n) is 6.76. The minimum absolute atomic E-state index is 0.776. The summed E-state index contributed by atoms with van der Waals surface area (Å²) in [5.74, 6) is 0.991. The second-order valence-corrected chi connectivity index (χ2v) is 5.52. The zero-order valence-corrected chi connectivity index (χ0v) is 10.2. The molecule has 0 spiro atoms. The standard InChI is InChI=1S/C13H26N2/c1-15(11-13-8-5-9-14-13)10-12-6-3-2-4-7-12/h12-14H,2-11H2,1H3/t13-/m0/s1. The van der Waals surface area contributed by atoms with Gasteiger partial charge in [0.1, 0.15) is 0 Å². The van der Waals surface area contributed by atoms with Crippen molar-refractivity contribution in [3.05, 3.63) is 0 Å². The fourth-order valence-electron chi connectivity index (χ4n) is 3.17. The van der Waals surface area contributed by atoms with E-state index in [1.807, 2.05) is 0 Å². The minimum atomic E-state index is 0.776. The Morgan fingerprint density at radius 2 is 1.80 bits per heavy atom. The summed E-state index contributed by atoms with van der Waals surface area (Å²) in [7, 11) is 2.30. The molecule has 2 aliphatic rings. The lowest BCUT2D eigenvalue weighted by atomic mass is 9.89. The number of nitrogens with one attached hydrogen (secondary N) is 1. The molecule has 1 aliphatic heterocycles. The molecular formula is C13H26N2. The predicted octanol–water partition coefficient (Wildman–Crippen LogP) is 2.25. The lowest BCUT2D eigenvalue weighted by Crippen LogP contribution is -2.37. The summed E-state index contributed by atoms with van der Waals surface area (Å²) in [6.07, 6.45) is 10.1. The Labute approximate surface area is 94.4 Å². The summed E-state index contributed by atoms with van der Waals surface area (Å²) in [6, 6.07) is 0.776. The zero-order valence-electron chi connectivity index (χ0n) is 10.2. The maximum atomic E-state index is 3.58. The van der Waals surface area contributed by atoms with Crippen LogP contribution in [0.2, 0.25) is 0 Å². The average Bonchev–Trinajstić information content (AvgIpc) is 2.71. The maximum absolute atomic E-state index is 3.58. The van der Waals surface area contributed by atoms with E-state index in [9.17, 15) is 0 Å². The van der Waals surface area contributed by atoms with Crippen LogP contribution in [0.4, 0.5) is 0 Å². The van der Waals surface area contributed by atoms with E-state index in [-0.39, 0.29) is 0 Å². The van der Waals surface area contributed by atoms with Gasteiger partial charge < -0.3 is 10.2 Å². The van der Waals surface area contributed by atoms with Crippen LogP contribution in [0.3, 0.4) is 0 Å². The van der Waals surface area contributed by atoms with E-state index in [1.54, 1.807) is 0 Å². The van der Waals surface area contributed by atoms with Gasteiger partial charge in [-0.25, -0.2) is 0 Å². The van der Waals surface area contributed by atoms with Crippen LogP contribution >= 0.6 is 0 Å². The Balaban J connectivity index is 1.64. The molecule has 2 fully saturated rings. The number of likely N-dealkylation sites (N-methyl/N-ethyl adjacent to an activating group) is 1. The van der Waals surface area contributed by atoms with Crippen molar-refractivity contribution in [1.82, 2.24) is 10.2 Å². The van der Waals surface area contributed by atoms with Gasteiger partial charge in [-0.3, -0.25) is 0 Å². The molecule has 88 valence electrons. The Hall–Kier alpha value is -0.0800. The number of hydrogen-bond acceptors (Lipinski definition) is 2. The molecule has 0 bridgehead atoms. The van der Waals surface area contributed by atoms with Crippen LogP contribution < -0.4 is 5.32 Å². The third-order valence-electron chi connectivity index (χ3n) is 3.99. The van der Waals surface area contributed by atoms with Crippen LogP contribution in [0.1, 0.15) is 44.9 Å². The first kappa shape index (κ1) is 11.4. The molecular weight excluding hydrogens is 184 g/mol. The van der Waals surface area contributed by atoms with Crippen molar-refractivity contribution < 1.29 is 0 Å². The Kier molecular flexibility index (Phi) is 4.45. The topological polar surface area (TPSA) is 15.3 Å². The highest BCUT2D eigenvalue weighted by molar-refractivity contribution is 4.78. The molecule has 1 aliphatic carbocycles. The van der Waals surface area contributed by atoms with Gasteiger partial charge in [-0.05, 0) is 45.2 Å². The number of rotatable bonds is 4. The summed E-state index contributed by atoms with van der Waals surface area (Å²) < 4.78 is 0. The molecule has 15 heavy (non-hydrogen) atoms. The molecule has 0 aromatic rings. The van der Waals surface area contributed by atoms with E-state index < -0.39 is 0 Å². The van der Waals surface area contributed by atoms with E-state index in [0.717, 1.165) is 12.0 Å². The number of hydrogen-bond donors (Lipinski definition) is 1. The van der Waals surface area contributed by atoms with Crippen LogP contribution in [0.15, 0.2) is 0 Å². The Bertz CT molecular complexity index is 169. The van der Waals surface area contributed by atoms with Gasteiger partial charge in [-0.2, -0.15) is 0 Å². The van der Waals surface area contributed by atoms with E-state index >= 15 is 0 Å². The zero-order chi connectivity index (χ0) is 10.5. The van der Waals surface area contributed by atoms with Gasteiger partial charge in [0.05, 0.1) is 0 Å². The van der Waals surface area contributed by atoms with Crippen LogP contribution in [0, 0.1) is 5.92 Å². The summed E-state index contributed by atoms with van der Waals surface area (Å²) in [5, 5.41) is 3.58. The first-order valence-corrected chi connectivity index (χ1v) is 6.76. The molecule has 2 heteroatoms. The van der Waals surface area contributed by atoms with Crippen molar-refractivity contribution in [3.63, 3.8) is 0 Å². The van der Waals surface area contributed by atoms with Crippen LogP contribution in [-0.4, -0.2) is 37.6 Å². The lowest BCUT2D eigenvalue weighted by molar-refractivity contribution is 0.220. The van der Waals surface area contributed by atoms with Crippen LogP contribution in [0.25, 0.3) is 0 Å². The van der Waals surface area contributed by atoms with Crippen molar-refractivity contribution in [3.8, 4) is 0 Å². The third-order valence-corrected chi connectivity index (χ3v) is 3.99. The minimum Gasteiger partial charge on any atom is -0.313 e. The summed E-state index contributed by atoms with van der Waals surface area (Å²) in [5.41, 5.74) is 0. The molecule has 0 aromatic carbocycles. The molecule has 1 N–H and O–H groups in total. The smallest absolute Gasteiger partial charge is 0.0195 e. The summed E-state index contributed by atoms with van der Waals surface area (Å²) in [6.45, 7) is 3.83. The predicted molar refractivity (Wildman–Crippen MR) is 65.1 cm³/mol. The fourth-order valence-corrected chi connectivity index (χ4v) is 3.17. The van der Waals surface area contributed by atoms with E-state index in [4.69, 9.17) is 0 Å². The van der Waals surface area contributed by atoms with Gasteiger partial charge in [0.25, 0.3) is 0 Å². The van der Waals surface area contributed by atoms with Gasteiger partial charge in [0.15, 0.2) is 0 Å². The van der Waals surface area contributed by atoms with Gasteiger partial charge in [0, 0.05) is 19.1 Å². The highest BCUT2D eigenvalue weighted by atomic mass is 15.1. The lowest BCUT2D eigenvalue weighted by Gasteiger charge is -2.28. The van der Waals surface area contributed by atoms with E-state index in [2.05, 4.69) is 17.3 Å². The van der Waals surface area contributed by atoms with E-state index in [1.165, 1.54) is 64.6 Å². The molecule has 0 aromatic heterocycles. The molecule has 2 rings (SSSR count). The van der Waals surface area contributed by atoms with Crippen molar-refractivity contribution in [2.45, 2.75) is 51.0 Å². The van der Waals surface area contributed by atoms with E-state index in [0.29, 0.717) is 0 Å². The second kappa shape index (κ2) is 5.86. The SMILES string of the molecule is CN(CC1CCCCC1)C[C@@H]1CCCN1. The first-order chi connectivity index (χ1) is 7.34. The quantitative estimate of drug-likeness (QED) is 0.765. The summed E-state index contributed by atoms with van der Waals surface area (Å²) in [4.78, 5) is 2.55. The van der Waals surface area contributed by atoms with Crippen molar-refractivity contribution in [2.75, 3.05) is 26.7 Å². The Morgan fingerprint density at radius 1 is 1.00 bits per heavy atom. The van der Waals surface area contributed by atoms with Gasteiger partial charge in [-0.15, -0.1) is 0 Å². The van der Waals surface area contributed by atoms with Gasteiger partial charge in [-0.1, -0.05) is 19.3 Å². The molecule has 1 atom stereocenters. The van der Waals surface area contributed by atoms with Crippen molar-refractivity contribution in [1.29, 1.82) is 0 Å². The summed E-state index contributed by atoms with van der Waals surface area (Å²) >= 11 is 0. The Morgan fingerprint density at radius 3 is 2.47 bits per heavy atom. The highest BCUT2D eigenvalue weighted by Crippen LogP contribution is 2.24. The molecule has 1 saturated carbocycles.